The lowest BCUT2D eigenvalue weighted by atomic mass is 10.2. The molecule has 5 heteroatoms. The molecule has 106 valence electrons. The van der Waals surface area contributed by atoms with E-state index >= 15 is 0 Å². The van der Waals surface area contributed by atoms with E-state index in [2.05, 4.69) is 29.0 Å². The Hall–Kier alpha value is -1.46. The number of aromatic nitrogens is 1. The topological polar surface area (TPSA) is 28.2 Å². The van der Waals surface area contributed by atoms with E-state index < -0.39 is 0 Å². The second kappa shape index (κ2) is 5.50. The van der Waals surface area contributed by atoms with Crippen molar-refractivity contribution in [3.63, 3.8) is 0 Å². The van der Waals surface area contributed by atoms with Crippen LogP contribution in [0, 0.1) is 5.82 Å². The van der Waals surface area contributed by atoms with E-state index in [1.54, 1.807) is 17.4 Å². The molecule has 1 N–H and O–H groups in total. The Morgan fingerprint density at radius 3 is 3.10 bits per heavy atom. The van der Waals surface area contributed by atoms with Crippen LogP contribution >= 0.6 is 11.3 Å². The van der Waals surface area contributed by atoms with E-state index in [1.807, 2.05) is 12.3 Å². The van der Waals surface area contributed by atoms with Crippen LogP contribution in [0.25, 0.3) is 0 Å². The molecule has 1 aliphatic rings. The standard InChI is InChI=1S/C15H18FN3S/c1-10(2)17-8-13-9-18-15(20-13)19-6-5-11-3-4-12(16)7-14(11)19/h3-4,7,9-10,17H,5-6,8H2,1-2H3. The molecule has 3 rings (SSSR count). The SMILES string of the molecule is CC(C)NCc1cnc(N2CCc3ccc(F)cc32)s1. The number of rotatable bonds is 4. The molecule has 1 aliphatic heterocycles. The van der Waals surface area contributed by atoms with Gasteiger partial charge >= 0.3 is 0 Å². The maximum absolute atomic E-state index is 13.4. The highest BCUT2D eigenvalue weighted by Gasteiger charge is 2.23. The van der Waals surface area contributed by atoms with Crippen LogP contribution in [-0.2, 0) is 13.0 Å². The number of thiazole rings is 1. The molecule has 20 heavy (non-hydrogen) atoms. The van der Waals surface area contributed by atoms with Crippen LogP contribution in [0.3, 0.4) is 0 Å². The van der Waals surface area contributed by atoms with Crippen molar-refractivity contribution < 1.29 is 4.39 Å². The molecule has 0 aliphatic carbocycles. The molecular weight excluding hydrogens is 273 g/mol. The summed E-state index contributed by atoms with van der Waals surface area (Å²) in [6, 6.07) is 5.47. The lowest BCUT2D eigenvalue weighted by Crippen LogP contribution is -2.21. The van der Waals surface area contributed by atoms with Gasteiger partial charge < -0.3 is 10.2 Å². The minimum Gasteiger partial charge on any atom is -0.317 e. The van der Waals surface area contributed by atoms with E-state index in [9.17, 15) is 4.39 Å². The summed E-state index contributed by atoms with van der Waals surface area (Å²) in [6.45, 7) is 5.96. The quantitative estimate of drug-likeness (QED) is 0.935. The van der Waals surface area contributed by atoms with Crippen LogP contribution in [0.4, 0.5) is 15.2 Å². The first kappa shape index (κ1) is 13.5. The number of halogens is 1. The van der Waals surface area contributed by atoms with Crippen molar-refractivity contribution in [2.75, 3.05) is 11.4 Å². The molecular formula is C15H18FN3S. The highest BCUT2D eigenvalue weighted by Crippen LogP contribution is 2.36. The molecule has 2 aromatic rings. The van der Waals surface area contributed by atoms with Gasteiger partial charge in [0.2, 0.25) is 0 Å². The van der Waals surface area contributed by atoms with Gasteiger partial charge in [-0.3, -0.25) is 0 Å². The third-order valence-corrected chi connectivity index (χ3v) is 4.42. The maximum atomic E-state index is 13.4. The van der Waals surface area contributed by atoms with Gasteiger partial charge in [-0.05, 0) is 24.1 Å². The van der Waals surface area contributed by atoms with Crippen molar-refractivity contribution in [1.82, 2.24) is 10.3 Å². The summed E-state index contributed by atoms with van der Waals surface area (Å²) in [6.07, 6.45) is 2.86. The van der Waals surface area contributed by atoms with Gasteiger partial charge in [-0.2, -0.15) is 0 Å². The second-order valence-electron chi connectivity index (χ2n) is 5.32. The molecule has 0 amide bonds. The van der Waals surface area contributed by atoms with Crippen LogP contribution in [0.15, 0.2) is 24.4 Å². The Labute approximate surface area is 122 Å². The predicted octanol–water partition coefficient (Wildman–Crippen LogP) is 3.47. The molecule has 1 aromatic carbocycles. The van der Waals surface area contributed by atoms with Gasteiger partial charge in [0.1, 0.15) is 5.82 Å². The van der Waals surface area contributed by atoms with Crippen molar-refractivity contribution >= 4 is 22.2 Å². The molecule has 0 unspecified atom stereocenters. The third kappa shape index (κ3) is 2.69. The monoisotopic (exact) mass is 291 g/mol. The van der Waals surface area contributed by atoms with Crippen LogP contribution in [-0.4, -0.2) is 17.6 Å². The summed E-state index contributed by atoms with van der Waals surface area (Å²) >= 11 is 1.67. The van der Waals surface area contributed by atoms with E-state index in [0.717, 1.165) is 30.3 Å². The first-order valence-electron chi connectivity index (χ1n) is 6.87. The first-order chi connectivity index (χ1) is 9.63. The van der Waals surface area contributed by atoms with Crippen molar-refractivity contribution in [2.24, 2.45) is 0 Å². The number of anilines is 2. The summed E-state index contributed by atoms with van der Waals surface area (Å²) in [4.78, 5) is 7.81. The predicted molar refractivity (Wildman–Crippen MR) is 81.2 cm³/mol. The fourth-order valence-electron chi connectivity index (χ4n) is 2.36. The fraction of sp³-hybridized carbons (Fsp3) is 0.400. The zero-order valence-corrected chi connectivity index (χ0v) is 12.5. The number of hydrogen-bond donors (Lipinski definition) is 1. The summed E-state index contributed by atoms with van der Waals surface area (Å²) in [5, 5.41) is 4.34. The minimum absolute atomic E-state index is 0.186. The van der Waals surface area contributed by atoms with Crippen molar-refractivity contribution in [3.05, 3.63) is 40.7 Å². The Morgan fingerprint density at radius 2 is 2.30 bits per heavy atom. The molecule has 1 aromatic heterocycles. The smallest absolute Gasteiger partial charge is 0.190 e. The van der Waals surface area contributed by atoms with Gasteiger partial charge in [0.25, 0.3) is 0 Å². The fourth-order valence-corrected chi connectivity index (χ4v) is 3.26. The Morgan fingerprint density at radius 1 is 1.45 bits per heavy atom. The van der Waals surface area contributed by atoms with Crippen LogP contribution < -0.4 is 10.2 Å². The average Bonchev–Trinajstić information content (AvgIpc) is 3.01. The Balaban J connectivity index is 1.80. The van der Waals surface area contributed by atoms with Gasteiger partial charge in [0, 0.05) is 35.9 Å². The van der Waals surface area contributed by atoms with E-state index in [0.29, 0.717) is 6.04 Å². The summed E-state index contributed by atoms with van der Waals surface area (Å²) < 4.78 is 13.4. The zero-order chi connectivity index (χ0) is 14.1. The molecule has 0 spiro atoms. The van der Waals surface area contributed by atoms with Gasteiger partial charge in [-0.15, -0.1) is 11.3 Å². The molecule has 0 bridgehead atoms. The zero-order valence-electron chi connectivity index (χ0n) is 11.7. The Kier molecular flexibility index (Phi) is 3.72. The van der Waals surface area contributed by atoms with Crippen LogP contribution in [0.5, 0.6) is 0 Å². The lowest BCUT2D eigenvalue weighted by Gasteiger charge is -2.15. The Bertz CT molecular complexity index is 609. The largest absolute Gasteiger partial charge is 0.317 e. The van der Waals surface area contributed by atoms with E-state index in [4.69, 9.17) is 0 Å². The van der Waals surface area contributed by atoms with Gasteiger partial charge in [0.15, 0.2) is 5.13 Å². The number of hydrogen-bond acceptors (Lipinski definition) is 4. The van der Waals surface area contributed by atoms with Gasteiger partial charge in [-0.25, -0.2) is 9.37 Å². The molecule has 0 saturated heterocycles. The molecule has 0 atom stereocenters. The van der Waals surface area contributed by atoms with E-state index in [-0.39, 0.29) is 5.82 Å². The average molecular weight is 291 g/mol. The van der Waals surface area contributed by atoms with Gasteiger partial charge in [0.05, 0.1) is 0 Å². The van der Waals surface area contributed by atoms with Crippen LogP contribution in [0.1, 0.15) is 24.3 Å². The molecule has 0 radical (unpaired) electrons. The molecule has 3 nitrogen and oxygen atoms in total. The number of fused-ring (bicyclic) bond motifs is 1. The second-order valence-corrected chi connectivity index (χ2v) is 6.41. The number of nitrogens with zero attached hydrogens (tertiary/aromatic N) is 2. The summed E-state index contributed by atoms with van der Waals surface area (Å²) in [5.74, 6) is -0.186. The number of benzene rings is 1. The minimum atomic E-state index is -0.186. The maximum Gasteiger partial charge on any atom is 0.190 e. The normalized spacial score (nSPS) is 14.1. The lowest BCUT2D eigenvalue weighted by molar-refractivity contribution is 0.593. The van der Waals surface area contributed by atoms with E-state index in [1.165, 1.54) is 16.5 Å². The molecule has 0 saturated carbocycles. The third-order valence-electron chi connectivity index (χ3n) is 3.40. The summed E-state index contributed by atoms with van der Waals surface area (Å²) in [7, 11) is 0. The molecule has 2 heterocycles. The van der Waals surface area contributed by atoms with Crippen molar-refractivity contribution in [3.8, 4) is 0 Å². The first-order valence-corrected chi connectivity index (χ1v) is 7.69. The molecule has 0 fully saturated rings. The van der Waals surface area contributed by atoms with Crippen molar-refractivity contribution in [2.45, 2.75) is 32.9 Å². The summed E-state index contributed by atoms with van der Waals surface area (Å²) in [5.41, 5.74) is 2.16. The highest BCUT2D eigenvalue weighted by atomic mass is 32.1. The highest BCUT2D eigenvalue weighted by molar-refractivity contribution is 7.15. The van der Waals surface area contributed by atoms with Crippen LogP contribution in [0.2, 0.25) is 0 Å². The number of nitrogens with one attached hydrogen (secondary N) is 1. The van der Waals surface area contributed by atoms with Crippen molar-refractivity contribution in [1.29, 1.82) is 0 Å². The van der Waals surface area contributed by atoms with Gasteiger partial charge in [-0.1, -0.05) is 19.9 Å².